The number of carbonyl (C=O) groups is 1. The highest BCUT2D eigenvalue weighted by Gasteiger charge is 2.19. The molecular weight excluding hydrogens is 282 g/mol. The summed E-state index contributed by atoms with van der Waals surface area (Å²) < 4.78 is 0. The highest BCUT2D eigenvalue weighted by atomic mass is 35.5. The number of H-pyrrole nitrogens is 1. The third kappa shape index (κ3) is 2.02. The highest BCUT2D eigenvalue weighted by Crippen LogP contribution is 2.28. The molecule has 0 bridgehead atoms. The van der Waals surface area contributed by atoms with E-state index in [1.807, 2.05) is 0 Å². The second kappa shape index (κ2) is 4.79. The monoisotopic (exact) mass is 293 g/mol. The zero-order valence-corrected chi connectivity index (χ0v) is 11.3. The Kier molecular flexibility index (Phi) is 3.10. The van der Waals surface area contributed by atoms with E-state index >= 15 is 0 Å². The standard InChI is InChI=1S/C13H12ClN3O3/c14-9-5-7-10(18)8(13(19)20)6-15-11(7)16-12(9)17-3-1-2-4-17/h5-6H,1-4H2,(H,19,20)(H,15,16,18). The minimum atomic E-state index is -1.27. The van der Waals surface area contributed by atoms with Crippen LogP contribution in [-0.2, 0) is 0 Å². The van der Waals surface area contributed by atoms with Crippen molar-refractivity contribution in [1.82, 2.24) is 9.97 Å². The van der Waals surface area contributed by atoms with Crippen LogP contribution in [0.1, 0.15) is 23.2 Å². The van der Waals surface area contributed by atoms with E-state index in [0.29, 0.717) is 16.5 Å². The summed E-state index contributed by atoms with van der Waals surface area (Å²) >= 11 is 6.18. The Balaban J connectivity index is 2.20. The summed E-state index contributed by atoms with van der Waals surface area (Å²) in [6.07, 6.45) is 3.34. The number of aromatic carboxylic acids is 1. The summed E-state index contributed by atoms with van der Waals surface area (Å²) in [5, 5.41) is 9.50. The lowest BCUT2D eigenvalue weighted by Gasteiger charge is -2.18. The van der Waals surface area contributed by atoms with Gasteiger partial charge in [-0.15, -0.1) is 0 Å². The van der Waals surface area contributed by atoms with Crippen molar-refractivity contribution in [1.29, 1.82) is 0 Å². The van der Waals surface area contributed by atoms with Crippen molar-refractivity contribution in [3.05, 3.63) is 33.1 Å². The summed E-state index contributed by atoms with van der Waals surface area (Å²) in [6.45, 7) is 1.77. The maximum Gasteiger partial charge on any atom is 0.341 e. The summed E-state index contributed by atoms with van der Waals surface area (Å²) in [4.78, 5) is 32.2. The van der Waals surface area contributed by atoms with Crippen LogP contribution >= 0.6 is 11.6 Å². The summed E-state index contributed by atoms with van der Waals surface area (Å²) in [6, 6.07) is 1.49. The molecule has 6 nitrogen and oxygen atoms in total. The van der Waals surface area contributed by atoms with Gasteiger partial charge in [0, 0.05) is 19.3 Å². The van der Waals surface area contributed by atoms with Crippen LogP contribution < -0.4 is 10.3 Å². The first-order valence-corrected chi connectivity index (χ1v) is 6.66. The number of pyridine rings is 2. The molecule has 0 atom stereocenters. The Hall–Kier alpha value is -2.08. The van der Waals surface area contributed by atoms with Gasteiger partial charge < -0.3 is 15.0 Å². The Morgan fingerprint density at radius 1 is 1.40 bits per heavy atom. The average molecular weight is 294 g/mol. The molecule has 20 heavy (non-hydrogen) atoms. The van der Waals surface area contributed by atoms with E-state index < -0.39 is 11.4 Å². The fourth-order valence-electron chi connectivity index (χ4n) is 2.42. The molecule has 0 amide bonds. The fraction of sp³-hybridized carbons (Fsp3) is 0.308. The number of halogens is 1. The van der Waals surface area contributed by atoms with Crippen molar-refractivity contribution in [2.75, 3.05) is 18.0 Å². The first-order chi connectivity index (χ1) is 9.58. The van der Waals surface area contributed by atoms with Crippen LogP contribution in [0.2, 0.25) is 5.02 Å². The number of aromatic amines is 1. The Labute approximate surface area is 119 Å². The summed E-state index contributed by atoms with van der Waals surface area (Å²) in [5.41, 5.74) is -0.538. The van der Waals surface area contributed by atoms with Gasteiger partial charge in [-0.05, 0) is 18.9 Å². The zero-order valence-electron chi connectivity index (χ0n) is 10.5. The third-order valence-electron chi connectivity index (χ3n) is 3.44. The molecule has 3 rings (SSSR count). The average Bonchev–Trinajstić information content (AvgIpc) is 2.92. The van der Waals surface area contributed by atoms with Crippen molar-refractivity contribution in [3.63, 3.8) is 0 Å². The van der Waals surface area contributed by atoms with Crippen molar-refractivity contribution in [2.45, 2.75) is 12.8 Å². The normalized spacial score (nSPS) is 14.9. The van der Waals surface area contributed by atoms with Crippen LogP contribution in [0.25, 0.3) is 11.0 Å². The maximum absolute atomic E-state index is 12.0. The van der Waals surface area contributed by atoms with E-state index in [-0.39, 0.29) is 10.9 Å². The van der Waals surface area contributed by atoms with Crippen LogP contribution in [0.4, 0.5) is 5.82 Å². The van der Waals surface area contributed by atoms with Crippen molar-refractivity contribution in [2.24, 2.45) is 0 Å². The predicted octanol–water partition coefficient (Wildman–Crippen LogP) is 1.87. The lowest BCUT2D eigenvalue weighted by molar-refractivity contribution is 0.0695. The molecule has 0 unspecified atom stereocenters. The molecule has 7 heteroatoms. The number of aromatic nitrogens is 2. The SMILES string of the molecule is O=C(O)c1c[nH]c2nc(N3CCCC3)c(Cl)cc2c1=O. The number of nitrogens with one attached hydrogen (secondary N) is 1. The molecule has 0 saturated carbocycles. The summed E-state index contributed by atoms with van der Waals surface area (Å²) in [5.74, 6) is -0.636. The fourth-order valence-corrected chi connectivity index (χ4v) is 2.69. The molecular formula is C13H12ClN3O3. The Morgan fingerprint density at radius 2 is 2.10 bits per heavy atom. The number of carboxylic acids is 1. The largest absolute Gasteiger partial charge is 0.477 e. The molecule has 2 aromatic rings. The number of fused-ring (bicyclic) bond motifs is 1. The Bertz CT molecular complexity index is 750. The molecule has 1 aliphatic heterocycles. The molecule has 1 aliphatic rings. The molecule has 2 aromatic heterocycles. The molecule has 0 aliphatic carbocycles. The van der Waals surface area contributed by atoms with Crippen LogP contribution in [0.3, 0.4) is 0 Å². The van der Waals surface area contributed by atoms with E-state index in [4.69, 9.17) is 16.7 Å². The van der Waals surface area contributed by atoms with E-state index in [9.17, 15) is 9.59 Å². The first-order valence-electron chi connectivity index (χ1n) is 6.28. The molecule has 1 fully saturated rings. The van der Waals surface area contributed by atoms with Gasteiger partial charge in [0.15, 0.2) is 0 Å². The van der Waals surface area contributed by atoms with Gasteiger partial charge in [-0.1, -0.05) is 11.6 Å². The van der Waals surface area contributed by atoms with Crippen LogP contribution in [0.5, 0.6) is 0 Å². The van der Waals surface area contributed by atoms with Gasteiger partial charge in [-0.2, -0.15) is 0 Å². The molecule has 0 spiro atoms. The second-order valence-electron chi connectivity index (χ2n) is 4.72. The van der Waals surface area contributed by atoms with Crippen LogP contribution in [-0.4, -0.2) is 34.1 Å². The minimum Gasteiger partial charge on any atom is -0.477 e. The van der Waals surface area contributed by atoms with Crippen molar-refractivity contribution in [3.8, 4) is 0 Å². The van der Waals surface area contributed by atoms with Gasteiger partial charge in [0.1, 0.15) is 17.0 Å². The number of anilines is 1. The molecule has 1 saturated heterocycles. The van der Waals surface area contributed by atoms with E-state index in [2.05, 4.69) is 14.9 Å². The van der Waals surface area contributed by atoms with Crippen LogP contribution in [0.15, 0.2) is 17.1 Å². The number of nitrogens with zero attached hydrogens (tertiary/aromatic N) is 2. The maximum atomic E-state index is 12.0. The van der Waals surface area contributed by atoms with Gasteiger partial charge in [0.05, 0.1) is 10.4 Å². The van der Waals surface area contributed by atoms with Gasteiger partial charge in [-0.25, -0.2) is 9.78 Å². The lowest BCUT2D eigenvalue weighted by Crippen LogP contribution is -2.21. The van der Waals surface area contributed by atoms with Crippen LogP contribution in [0, 0.1) is 0 Å². The van der Waals surface area contributed by atoms with Gasteiger partial charge in [-0.3, -0.25) is 4.79 Å². The quantitative estimate of drug-likeness (QED) is 0.883. The minimum absolute atomic E-state index is 0.192. The molecule has 0 radical (unpaired) electrons. The number of hydrogen-bond acceptors (Lipinski definition) is 4. The predicted molar refractivity (Wildman–Crippen MR) is 75.8 cm³/mol. The zero-order chi connectivity index (χ0) is 14.3. The number of carboxylic acid groups (broad SMARTS) is 1. The number of hydrogen-bond donors (Lipinski definition) is 2. The van der Waals surface area contributed by atoms with Crippen molar-refractivity contribution < 1.29 is 9.90 Å². The second-order valence-corrected chi connectivity index (χ2v) is 5.13. The third-order valence-corrected chi connectivity index (χ3v) is 3.71. The van der Waals surface area contributed by atoms with E-state index in [1.54, 1.807) is 0 Å². The molecule has 3 heterocycles. The number of rotatable bonds is 2. The van der Waals surface area contributed by atoms with E-state index in [1.165, 1.54) is 12.3 Å². The van der Waals surface area contributed by atoms with Gasteiger partial charge >= 0.3 is 5.97 Å². The molecule has 0 aromatic carbocycles. The highest BCUT2D eigenvalue weighted by molar-refractivity contribution is 6.33. The molecule has 104 valence electrons. The topological polar surface area (TPSA) is 86.3 Å². The van der Waals surface area contributed by atoms with Gasteiger partial charge in [0.25, 0.3) is 0 Å². The smallest absolute Gasteiger partial charge is 0.341 e. The van der Waals surface area contributed by atoms with Crippen molar-refractivity contribution >= 4 is 34.4 Å². The first kappa shape index (κ1) is 12.9. The summed E-state index contributed by atoms with van der Waals surface area (Å²) in [7, 11) is 0. The Morgan fingerprint density at radius 3 is 2.75 bits per heavy atom. The van der Waals surface area contributed by atoms with E-state index in [0.717, 1.165) is 25.9 Å². The molecule has 2 N–H and O–H groups in total. The lowest BCUT2D eigenvalue weighted by atomic mass is 10.2. The van der Waals surface area contributed by atoms with Gasteiger partial charge in [0.2, 0.25) is 5.43 Å².